The van der Waals surface area contributed by atoms with Crippen LogP contribution in [0.2, 0.25) is 0 Å². The molecule has 1 aliphatic carbocycles. The van der Waals surface area contributed by atoms with Crippen molar-refractivity contribution in [2.45, 2.75) is 38.8 Å². The zero-order valence-corrected chi connectivity index (χ0v) is 21.0. The Morgan fingerprint density at radius 1 is 1.17 bits per heavy atom. The number of anilines is 1. The number of nitrogens with one attached hydrogen (secondary N) is 1. The number of amides is 1. The van der Waals surface area contributed by atoms with E-state index in [1.165, 1.54) is 0 Å². The standard InChI is InChI=1S/C27H25BrN4O3/c1-15(2)34-24-13-8-17(14-22(24)29)27-31-25(32-35-27)21-5-3-4-20-19(21)11-12-23(20)30-26(33)16-6-9-18(28)10-7-16/h3-10,13-15,23H,11-12,29H2,1-2H3,(H,30,33)/t23-/m1/s1. The minimum absolute atomic E-state index is 0.0295. The second-order valence-electron chi connectivity index (χ2n) is 8.79. The molecule has 8 heteroatoms. The third kappa shape index (κ3) is 4.79. The van der Waals surface area contributed by atoms with Gasteiger partial charge in [-0.1, -0.05) is 39.3 Å². The van der Waals surface area contributed by atoms with Crippen molar-refractivity contribution in [3.8, 4) is 28.6 Å². The smallest absolute Gasteiger partial charge is 0.258 e. The summed E-state index contributed by atoms with van der Waals surface area (Å²) in [7, 11) is 0. The van der Waals surface area contributed by atoms with E-state index in [0.29, 0.717) is 28.7 Å². The number of aromatic nitrogens is 2. The van der Waals surface area contributed by atoms with Gasteiger partial charge in [-0.25, -0.2) is 0 Å². The zero-order chi connectivity index (χ0) is 24.5. The van der Waals surface area contributed by atoms with Crippen molar-refractivity contribution in [3.63, 3.8) is 0 Å². The van der Waals surface area contributed by atoms with Crippen LogP contribution < -0.4 is 15.8 Å². The van der Waals surface area contributed by atoms with Gasteiger partial charge in [-0.2, -0.15) is 4.98 Å². The van der Waals surface area contributed by atoms with Crippen molar-refractivity contribution in [2.75, 3.05) is 5.73 Å². The fraction of sp³-hybridized carbons (Fsp3) is 0.222. The average molecular weight is 533 g/mol. The minimum Gasteiger partial charge on any atom is -0.489 e. The molecule has 35 heavy (non-hydrogen) atoms. The van der Waals surface area contributed by atoms with Gasteiger partial charge in [0.2, 0.25) is 5.82 Å². The lowest BCUT2D eigenvalue weighted by Gasteiger charge is -2.15. The molecule has 0 saturated carbocycles. The molecule has 0 fully saturated rings. The normalized spacial score (nSPS) is 14.7. The van der Waals surface area contributed by atoms with Crippen LogP contribution in [-0.4, -0.2) is 22.2 Å². The second-order valence-corrected chi connectivity index (χ2v) is 9.70. The Balaban J connectivity index is 1.37. The number of fused-ring (bicyclic) bond motifs is 1. The number of hydrogen-bond acceptors (Lipinski definition) is 6. The van der Waals surface area contributed by atoms with E-state index in [2.05, 4.69) is 31.4 Å². The number of nitrogens with zero attached hydrogens (tertiary/aromatic N) is 2. The van der Waals surface area contributed by atoms with Gasteiger partial charge < -0.3 is 20.3 Å². The van der Waals surface area contributed by atoms with Crippen molar-refractivity contribution in [1.82, 2.24) is 15.5 Å². The van der Waals surface area contributed by atoms with Gasteiger partial charge in [0.15, 0.2) is 0 Å². The van der Waals surface area contributed by atoms with Crippen molar-refractivity contribution in [1.29, 1.82) is 0 Å². The lowest BCUT2D eigenvalue weighted by atomic mass is 10.0. The maximum absolute atomic E-state index is 12.8. The molecule has 0 spiro atoms. The van der Waals surface area contributed by atoms with Crippen LogP contribution in [0.4, 0.5) is 5.69 Å². The summed E-state index contributed by atoms with van der Waals surface area (Å²) in [5.41, 5.74) is 11.1. The number of rotatable bonds is 6. The number of hydrogen-bond donors (Lipinski definition) is 2. The number of ether oxygens (including phenoxy) is 1. The molecule has 7 nitrogen and oxygen atoms in total. The summed E-state index contributed by atoms with van der Waals surface area (Å²) in [5, 5.41) is 7.39. The van der Waals surface area contributed by atoms with E-state index in [1.54, 1.807) is 18.2 Å². The third-order valence-corrected chi connectivity index (χ3v) is 6.50. The molecule has 1 heterocycles. The Morgan fingerprint density at radius 2 is 1.97 bits per heavy atom. The summed E-state index contributed by atoms with van der Waals surface area (Å²) in [5.74, 6) is 1.43. The number of carbonyl (C=O) groups is 1. The Bertz CT molecular complexity index is 1380. The summed E-state index contributed by atoms with van der Waals surface area (Å²) in [4.78, 5) is 17.4. The van der Waals surface area contributed by atoms with E-state index in [-0.39, 0.29) is 18.1 Å². The number of nitrogen functional groups attached to an aromatic ring is 1. The van der Waals surface area contributed by atoms with Crippen LogP contribution in [0.25, 0.3) is 22.8 Å². The van der Waals surface area contributed by atoms with Crippen molar-refractivity contribution < 1.29 is 14.1 Å². The zero-order valence-electron chi connectivity index (χ0n) is 19.4. The Morgan fingerprint density at radius 3 is 2.71 bits per heavy atom. The first-order valence-electron chi connectivity index (χ1n) is 11.5. The Kier molecular flexibility index (Phi) is 6.30. The summed E-state index contributed by atoms with van der Waals surface area (Å²) in [6, 6.07) is 18.7. The monoisotopic (exact) mass is 532 g/mol. The predicted octanol–water partition coefficient (Wildman–Crippen LogP) is 5.95. The van der Waals surface area contributed by atoms with E-state index in [9.17, 15) is 4.79 Å². The highest BCUT2D eigenvalue weighted by molar-refractivity contribution is 9.10. The molecular formula is C27H25BrN4O3. The Labute approximate surface area is 211 Å². The number of benzene rings is 3. The highest BCUT2D eigenvalue weighted by atomic mass is 79.9. The highest BCUT2D eigenvalue weighted by Gasteiger charge is 2.28. The quantitative estimate of drug-likeness (QED) is 0.297. The van der Waals surface area contributed by atoms with Crippen LogP contribution in [0.1, 0.15) is 47.8 Å². The van der Waals surface area contributed by atoms with E-state index < -0.39 is 0 Å². The molecule has 0 radical (unpaired) electrons. The van der Waals surface area contributed by atoms with E-state index >= 15 is 0 Å². The summed E-state index contributed by atoms with van der Waals surface area (Å²) in [6.07, 6.45) is 1.66. The van der Waals surface area contributed by atoms with Crippen molar-refractivity contribution >= 4 is 27.5 Å². The lowest BCUT2D eigenvalue weighted by molar-refractivity contribution is 0.0936. The van der Waals surface area contributed by atoms with Crippen LogP contribution in [0.15, 0.2) is 69.7 Å². The molecule has 0 unspecified atom stereocenters. The largest absolute Gasteiger partial charge is 0.489 e. The number of carbonyl (C=O) groups excluding carboxylic acids is 1. The first kappa shape index (κ1) is 23.1. The summed E-state index contributed by atoms with van der Waals surface area (Å²) >= 11 is 3.40. The van der Waals surface area contributed by atoms with Gasteiger partial charge in [-0.05, 0) is 80.3 Å². The predicted molar refractivity (Wildman–Crippen MR) is 138 cm³/mol. The van der Waals surface area contributed by atoms with Crippen molar-refractivity contribution in [2.24, 2.45) is 0 Å². The maximum atomic E-state index is 12.8. The van der Waals surface area contributed by atoms with E-state index in [1.807, 2.05) is 56.3 Å². The molecule has 0 aliphatic heterocycles. The highest BCUT2D eigenvalue weighted by Crippen LogP contribution is 2.38. The average Bonchev–Trinajstić information content (AvgIpc) is 3.48. The molecule has 3 aromatic carbocycles. The van der Waals surface area contributed by atoms with Gasteiger partial charge in [0.05, 0.1) is 17.8 Å². The van der Waals surface area contributed by atoms with Crippen LogP contribution >= 0.6 is 15.9 Å². The maximum Gasteiger partial charge on any atom is 0.258 e. The van der Waals surface area contributed by atoms with Gasteiger partial charge in [-0.15, -0.1) is 0 Å². The molecule has 0 bridgehead atoms. The lowest BCUT2D eigenvalue weighted by Crippen LogP contribution is -2.27. The van der Waals surface area contributed by atoms with Crippen LogP contribution in [-0.2, 0) is 6.42 Å². The first-order chi connectivity index (χ1) is 16.9. The molecule has 3 N–H and O–H groups in total. The van der Waals surface area contributed by atoms with Crippen LogP contribution in [0, 0.1) is 0 Å². The van der Waals surface area contributed by atoms with Crippen LogP contribution in [0.5, 0.6) is 5.75 Å². The fourth-order valence-corrected chi connectivity index (χ4v) is 4.61. The second kappa shape index (κ2) is 9.54. The molecule has 178 valence electrons. The van der Waals surface area contributed by atoms with Gasteiger partial charge in [-0.3, -0.25) is 4.79 Å². The number of halogens is 1. The Hall–Kier alpha value is -3.65. The van der Waals surface area contributed by atoms with Gasteiger partial charge in [0.1, 0.15) is 5.75 Å². The molecule has 1 amide bonds. The molecule has 1 aromatic heterocycles. The van der Waals surface area contributed by atoms with Crippen LogP contribution in [0.3, 0.4) is 0 Å². The molecule has 0 saturated heterocycles. The molecule has 1 atom stereocenters. The van der Waals surface area contributed by atoms with E-state index in [0.717, 1.165) is 39.6 Å². The fourth-order valence-electron chi connectivity index (χ4n) is 4.35. The summed E-state index contributed by atoms with van der Waals surface area (Å²) < 4.78 is 12.2. The first-order valence-corrected chi connectivity index (χ1v) is 12.3. The minimum atomic E-state index is -0.0925. The molecule has 1 aliphatic rings. The summed E-state index contributed by atoms with van der Waals surface area (Å²) in [6.45, 7) is 3.90. The SMILES string of the molecule is CC(C)Oc1ccc(-c2nc(-c3cccc4c3CC[C@H]4NC(=O)c3ccc(Br)cc3)no2)cc1N. The third-order valence-electron chi connectivity index (χ3n) is 5.97. The molecular weight excluding hydrogens is 508 g/mol. The van der Waals surface area contributed by atoms with Gasteiger partial charge in [0.25, 0.3) is 11.8 Å². The van der Waals surface area contributed by atoms with Crippen molar-refractivity contribution in [3.05, 3.63) is 81.8 Å². The van der Waals surface area contributed by atoms with Gasteiger partial charge in [0, 0.05) is 21.2 Å². The van der Waals surface area contributed by atoms with Gasteiger partial charge >= 0.3 is 0 Å². The topological polar surface area (TPSA) is 103 Å². The molecule has 4 aromatic rings. The number of nitrogens with two attached hydrogens (primary N) is 1. The molecule has 5 rings (SSSR count). The van der Waals surface area contributed by atoms with E-state index in [4.69, 9.17) is 15.0 Å².